The number of aromatic amines is 1. The molecule has 0 saturated carbocycles. The average molecular weight is 164 g/mol. The number of nitrogens with zero attached hydrogens (tertiary/aromatic N) is 2. The van der Waals surface area contributed by atoms with Gasteiger partial charge in [-0.1, -0.05) is 0 Å². The van der Waals surface area contributed by atoms with E-state index in [4.69, 9.17) is 5.73 Å². The summed E-state index contributed by atoms with van der Waals surface area (Å²) in [6, 6.07) is 3.53. The van der Waals surface area contributed by atoms with Gasteiger partial charge in [0.1, 0.15) is 5.52 Å². The van der Waals surface area contributed by atoms with Crippen LogP contribution in [0.3, 0.4) is 0 Å². The molecule has 0 fully saturated rings. The number of nitrogen functional groups attached to an aromatic ring is 1. The Bertz CT molecular complexity index is 482. The lowest BCUT2D eigenvalue weighted by Crippen LogP contribution is -2.15. The SMILES string of the molecule is Cc1ccc2c(=O)[nH]c(N)nn12. The van der Waals surface area contributed by atoms with Crippen LogP contribution in [0.15, 0.2) is 16.9 Å². The fourth-order valence-electron chi connectivity index (χ4n) is 1.15. The summed E-state index contributed by atoms with van der Waals surface area (Å²) in [6.07, 6.45) is 0. The summed E-state index contributed by atoms with van der Waals surface area (Å²) in [6.45, 7) is 1.86. The second kappa shape index (κ2) is 2.10. The van der Waals surface area contributed by atoms with E-state index in [9.17, 15) is 4.79 Å². The summed E-state index contributed by atoms with van der Waals surface area (Å²) in [5.74, 6) is 0.131. The summed E-state index contributed by atoms with van der Waals surface area (Å²) in [7, 11) is 0. The molecule has 0 saturated heterocycles. The summed E-state index contributed by atoms with van der Waals surface area (Å²) in [4.78, 5) is 13.6. The fraction of sp³-hybridized carbons (Fsp3) is 0.143. The molecular formula is C7H8N4O. The van der Waals surface area contributed by atoms with Gasteiger partial charge >= 0.3 is 0 Å². The van der Waals surface area contributed by atoms with Gasteiger partial charge in [0.05, 0.1) is 0 Å². The molecule has 2 aromatic heterocycles. The molecule has 0 aliphatic carbocycles. The van der Waals surface area contributed by atoms with Gasteiger partial charge < -0.3 is 5.73 Å². The molecule has 12 heavy (non-hydrogen) atoms. The highest BCUT2D eigenvalue weighted by Crippen LogP contribution is 2.02. The van der Waals surface area contributed by atoms with Crippen LogP contribution in [-0.4, -0.2) is 14.6 Å². The number of nitrogens with two attached hydrogens (primary N) is 1. The van der Waals surface area contributed by atoms with Crippen LogP contribution in [0, 0.1) is 6.92 Å². The largest absolute Gasteiger partial charge is 0.368 e. The molecule has 0 radical (unpaired) electrons. The predicted octanol–water partition coefficient (Wildman–Crippen LogP) is -0.0868. The molecule has 0 bridgehead atoms. The Morgan fingerprint density at radius 1 is 1.58 bits per heavy atom. The second-order valence-corrected chi connectivity index (χ2v) is 2.61. The van der Waals surface area contributed by atoms with Gasteiger partial charge in [-0.25, -0.2) is 4.52 Å². The normalized spacial score (nSPS) is 10.8. The molecule has 62 valence electrons. The van der Waals surface area contributed by atoms with E-state index in [1.54, 1.807) is 6.07 Å². The monoisotopic (exact) mass is 164 g/mol. The van der Waals surface area contributed by atoms with Crippen molar-refractivity contribution in [3.63, 3.8) is 0 Å². The van der Waals surface area contributed by atoms with E-state index in [0.717, 1.165) is 5.69 Å². The van der Waals surface area contributed by atoms with Crippen molar-refractivity contribution in [2.24, 2.45) is 0 Å². The quantitative estimate of drug-likeness (QED) is 0.571. The first-order valence-electron chi connectivity index (χ1n) is 3.52. The molecule has 2 heterocycles. The summed E-state index contributed by atoms with van der Waals surface area (Å²) in [5.41, 5.74) is 6.56. The molecule has 5 heteroatoms. The highest BCUT2D eigenvalue weighted by atomic mass is 16.1. The van der Waals surface area contributed by atoms with E-state index in [1.165, 1.54) is 4.52 Å². The van der Waals surface area contributed by atoms with E-state index in [-0.39, 0.29) is 11.5 Å². The zero-order chi connectivity index (χ0) is 8.72. The van der Waals surface area contributed by atoms with Gasteiger partial charge in [0, 0.05) is 5.69 Å². The second-order valence-electron chi connectivity index (χ2n) is 2.61. The molecule has 0 aromatic carbocycles. The first-order valence-corrected chi connectivity index (χ1v) is 3.52. The molecule has 0 aliphatic heterocycles. The number of hydrogen-bond donors (Lipinski definition) is 2. The number of fused-ring (bicyclic) bond motifs is 1. The van der Waals surface area contributed by atoms with E-state index in [1.807, 2.05) is 13.0 Å². The van der Waals surface area contributed by atoms with Crippen molar-refractivity contribution < 1.29 is 0 Å². The molecule has 2 aromatic rings. The number of nitrogens with one attached hydrogen (secondary N) is 1. The topological polar surface area (TPSA) is 76.2 Å². The zero-order valence-electron chi connectivity index (χ0n) is 6.53. The Morgan fingerprint density at radius 2 is 2.33 bits per heavy atom. The Morgan fingerprint density at radius 3 is 3.08 bits per heavy atom. The van der Waals surface area contributed by atoms with E-state index < -0.39 is 0 Å². The Balaban J connectivity index is 3.03. The van der Waals surface area contributed by atoms with Crippen LogP contribution >= 0.6 is 0 Å². The van der Waals surface area contributed by atoms with Crippen molar-refractivity contribution in [1.29, 1.82) is 0 Å². The van der Waals surface area contributed by atoms with Gasteiger partial charge in [0.15, 0.2) is 0 Å². The van der Waals surface area contributed by atoms with Crippen molar-refractivity contribution in [1.82, 2.24) is 14.6 Å². The lowest BCUT2D eigenvalue weighted by Gasteiger charge is -1.96. The number of anilines is 1. The molecule has 0 spiro atoms. The van der Waals surface area contributed by atoms with E-state index >= 15 is 0 Å². The van der Waals surface area contributed by atoms with Gasteiger partial charge in [-0.3, -0.25) is 9.78 Å². The summed E-state index contributed by atoms with van der Waals surface area (Å²) in [5, 5.41) is 3.93. The third-order valence-electron chi connectivity index (χ3n) is 1.73. The van der Waals surface area contributed by atoms with Gasteiger partial charge in [-0.2, -0.15) is 0 Å². The minimum absolute atomic E-state index is 0.131. The summed E-state index contributed by atoms with van der Waals surface area (Å²) >= 11 is 0. The van der Waals surface area contributed by atoms with Crippen LogP contribution in [0.4, 0.5) is 5.95 Å². The third kappa shape index (κ3) is 0.795. The molecule has 5 nitrogen and oxygen atoms in total. The number of H-pyrrole nitrogens is 1. The maximum absolute atomic E-state index is 11.2. The molecular weight excluding hydrogens is 156 g/mol. The Hall–Kier alpha value is -1.78. The van der Waals surface area contributed by atoms with Crippen molar-refractivity contribution in [2.45, 2.75) is 6.92 Å². The van der Waals surface area contributed by atoms with Gasteiger partial charge in [0.2, 0.25) is 5.95 Å². The van der Waals surface area contributed by atoms with Crippen molar-refractivity contribution in [3.8, 4) is 0 Å². The molecule has 0 aliphatic rings. The number of aryl methyl sites for hydroxylation is 1. The third-order valence-corrected chi connectivity index (χ3v) is 1.73. The maximum atomic E-state index is 11.2. The Kier molecular flexibility index (Phi) is 1.21. The van der Waals surface area contributed by atoms with Crippen LogP contribution < -0.4 is 11.3 Å². The van der Waals surface area contributed by atoms with E-state index in [2.05, 4.69) is 10.1 Å². The van der Waals surface area contributed by atoms with Crippen LogP contribution in [-0.2, 0) is 0 Å². The highest BCUT2D eigenvalue weighted by molar-refractivity contribution is 5.46. The average Bonchev–Trinajstić information content (AvgIpc) is 2.33. The molecule has 3 N–H and O–H groups in total. The molecule has 0 atom stereocenters. The number of hydrogen-bond acceptors (Lipinski definition) is 3. The van der Waals surface area contributed by atoms with E-state index in [0.29, 0.717) is 5.52 Å². The Labute approximate surface area is 67.8 Å². The number of aromatic nitrogens is 3. The minimum atomic E-state index is -0.212. The lowest BCUT2D eigenvalue weighted by atomic mass is 10.5. The van der Waals surface area contributed by atoms with Gasteiger partial charge in [0.25, 0.3) is 5.56 Å². The zero-order valence-corrected chi connectivity index (χ0v) is 6.53. The smallest absolute Gasteiger partial charge is 0.276 e. The van der Waals surface area contributed by atoms with Gasteiger partial charge in [-0.15, -0.1) is 5.10 Å². The fourth-order valence-corrected chi connectivity index (χ4v) is 1.15. The van der Waals surface area contributed by atoms with Crippen molar-refractivity contribution in [3.05, 3.63) is 28.2 Å². The first-order chi connectivity index (χ1) is 5.68. The molecule has 0 amide bonds. The van der Waals surface area contributed by atoms with Crippen LogP contribution in [0.5, 0.6) is 0 Å². The maximum Gasteiger partial charge on any atom is 0.276 e. The molecule has 2 rings (SSSR count). The highest BCUT2D eigenvalue weighted by Gasteiger charge is 2.02. The first kappa shape index (κ1) is 6.90. The molecule has 0 unspecified atom stereocenters. The van der Waals surface area contributed by atoms with Crippen molar-refractivity contribution >= 4 is 11.5 Å². The van der Waals surface area contributed by atoms with Gasteiger partial charge in [-0.05, 0) is 19.1 Å². The number of rotatable bonds is 0. The van der Waals surface area contributed by atoms with Crippen LogP contribution in [0.1, 0.15) is 5.69 Å². The standard InChI is InChI=1S/C7H8N4O/c1-4-2-3-5-6(12)9-7(8)10-11(4)5/h2-3H,1H3,(H3,8,9,10,12). The van der Waals surface area contributed by atoms with Crippen LogP contribution in [0.25, 0.3) is 5.52 Å². The predicted molar refractivity (Wildman–Crippen MR) is 45.0 cm³/mol. The minimum Gasteiger partial charge on any atom is -0.368 e. The van der Waals surface area contributed by atoms with Crippen LogP contribution in [0.2, 0.25) is 0 Å². The summed E-state index contributed by atoms with van der Waals surface area (Å²) < 4.78 is 1.52. The lowest BCUT2D eigenvalue weighted by molar-refractivity contribution is 0.873. The van der Waals surface area contributed by atoms with Crippen molar-refractivity contribution in [2.75, 3.05) is 5.73 Å².